The first kappa shape index (κ1) is 90.0. The highest BCUT2D eigenvalue weighted by atomic mass is 35.5. The highest BCUT2D eigenvalue weighted by Gasteiger charge is 2.42. The van der Waals surface area contributed by atoms with Crippen LogP contribution in [0.4, 0.5) is 68.2 Å². The van der Waals surface area contributed by atoms with Gasteiger partial charge in [-0.3, -0.25) is 0 Å². The van der Waals surface area contributed by atoms with Gasteiger partial charge in [-0.05, 0) is 250 Å². The molecule has 0 N–H and O–H groups in total. The summed E-state index contributed by atoms with van der Waals surface area (Å²) in [5, 5.41) is 7.94. The van der Waals surface area contributed by atoms with E-state index in [1.165, 1.54) is 133 Å². The maximum absolute atomic E-state index is 6.61. The quantitative estimate of drug-likeness (QED) is 0.0956. The minimum atomic E-state index is -0.138. The fraction of sp³-hybridized carbons (Fsp3) is 0.0687. The Balaban J connectivity index is 0.000000111. The van der Waals surface area contributed by atoms with E-state index in [1.54, 1.807) is 0 Å². The van der Waals surface area contributed by atoms with Crippen LogP contribution in [0.2, 0.25) is 20.1 Å². The lowest BCUT2D eigenvalue weighted by Crippen LogP contribution is -2.20. The highest BCUT2D eigenvalue weighted by molar-refractivity contribution is 6.32. The molecule has 21 aromatic carbocycles. The Morgan fingerprint density at radius 1 is 0.165 bits per heavy atom. The van der Waals surface area contributed by atoms with Crippen molar-refractivity contribution in [1.29, 1.82) is 0 Å². The molecule has 672 valence electrons. The average molecular weight is 1870 g/mol. The van der Waals surface area contributed by atoms with E-state index in [9.17, 15) is 0 Å². The van der Waals surface area contributed by atoms with E-state index in [1.807, 2.05) is 72.8 Å². The van der Waals surface area contributed by atoms with Crippen LogP contribution >= 0.6 is 46.4 Å². The van der Waals surface area contributed by atoms with Crippen LogP contribution in [0.5, 0.6) is 0 Å². The third-order valence-corrected chi connectivity index (χ3v) is 28.5. The molecule has 0 aromatic heterocycles. The van der Waals surface area contributed by atoms with Crippen LogP contribution in [0, 0.1) is 0 Å². The normalized spacial score (nSPS) is 12.7. The van der Waals surface area contributed by atoms with E-state index < -0.39 is 0 Å². The van der Waals surface area contributed by atoms with E-state index in [-0.39, 0.29) is 16.2 Å². The highest BCUT2D eigenvalue weighted by Crippen LogP contribution is 2.59. The number of benzene rings is 21. The number of para-hydroxylation sites is 4. The lowest BCUT2D eigenvalue weighted by Gasteiger charge is -2.32. The first-order valence-corrected chi connectivity index (χ1v) is 48.9. The fourth-order valence-corrected chi connectivity index (χ4v) is 21.9. The second-order valence-electron chi connectivity index (χ2n) is 37.2. The van der Waals surface area contributed by atoms with Crippen LogP contribution in [-0.4, -0.2) is 0 Å². The van der Waals surface area contributed by atoms with Crippen molar-refractivity contribution < 1.29 is 0 Å². The number of hydrogen-bond donors (Lipinski definition) is 0. The van der Waals surface area contributed by atoms with Crippen molar-refractivity contribution in [1.82, 2.24) is 0 Å². The summed E-state index contributed by atoms with van der Waals surface area (Å²) in [6, 6.07) is 175. The minimum Gasteiger partial charge on any atom is -0.310 e. The van der Waals surface area contributed by atoms with Gasteiger partial charge in [-0.2, -0.15) is 0 Å². The zero-order valence-electron chi connectivity index (χ0n) is 78.1. The molecule has 3 aliphatic carbocycles. The maximum atomic E-state index is 6.61. The van der Waals surface area contributed by atoms with Crippen molar-refractivity contribution in [2.75, 3.05) is 19.6 Å². The van der Waals surface area contributed by atoms with Crippen molar-refractivity contribution in [3.8, 4) is 77.9 Å². The lowest BCUT2D eigenvalue weighted by atomic mass is 9.80. The van der Waals surface area contributed by atoms with Crippen LogP contribution in [0.25, 0.3) is 99.4 Å². The Kier molecular flexibility index (Phi) is 25.0. The lowest BCUT2D eigenvalue weighted by molar-refractivity contribution is 0.660. The van der Waals surface area contributed by atoms with Crippen molar-refractivity contribution in [2.45, 2.75) is 57.8 Å². The second-order valence-corrected chi connectivity index (χ2v) is 38.9. The van der Waals surface area contributed by atoms with Crippen molar-refractivity contribution in [2.24, 2.45) is 0 Å². The zero-order chi connectivity index (χ0) is 94.9. The molecule has 0 unspecified atom stereocenters. The van der Waals surface area contributed by atoms with Gasteiger partial charge in [0.25, 0.3) is 0 Å². The summed E-state index contributed by atoms with van der Waals surface area (Å²) in [4.78, 5) is 9.31. The van der Waals surface area contributed by atoms with Crippen LogP contribution < -0.4 is 19.6 Å². The van der Waals surface area contributed by atoms with E-state index in [2.05, 4.69) is 486 Å². The van der Waals surface area contributed by atoms with Gasteiger partial charge in [0.1, 0.15) is 0 Å². The van der Waals surface area contributed by atoms with Crippen LogP contribution in [0.3, 0.4) is 0 Å². The molecule has 4 nitrogen and oxygen atoms in total. The Morgan fingerprint density at radius 2 is 0.482 bits per heavy atom. The van der Waals surface area contributed by atoms with Crippen molar-refractivity contribution in [3.63, 3.8) is 0 Å². The first-order chi connectivity index (χ1) is 67.9. The molecule has 0 spiro atoms. The monoisotopic (exact) mass is 1870 g/mol. The van der Waals surface area contributed by atoms with Gasteiger partial charge >= 0.3 is 0 Å². The molecule has 0 amide bonds. The molecule has 3 aliphatic rings. The predicted octanol–water partition coefficient (Wildman–Crippen LogP) is 39.1. The molecule has 0 saturated heterocycles. The molecule has 0 heterocycles. The van der Waals surface area contributed by atoms with Crippen LogP contribution in [0.15, 0.2) is 497 Å². The Morgan fingerprint density at radius 3 is 1.03 bits per heavy atom. The van der Waals surface area contributed by atoms with E-state index >= 15 is 0 Å². The predicted molar refractivity (Wildman–Crippen MR) is 594 cm³/mol. The van der Waals surface area contributed by atoms with Gasteiger partial charge in [-0.15, -0.1) is 0 Å². The van der Waals surface area contributed by atoms with E-state index in [0.29, 0.717) is 5.02 Å². The van der Waals surface area contributed by atoms with Gasteiger partial charge in [0, 0.05) is 98.4 Å². The Labute approximate surface area is 835 Å². The molecule has 0 fully saturated rings. The van der Waals surface area contributed by atoms with Gasteiger partial charge in [-0.25, -0.2) is 0 Å². The number of nitrogens with zero attached hydrogens (tertiary/aromatic N) is 4. The number of fused-ring (bicyclic) bond motifs is 12. The molecule has 0 saturated carbocycles. The standard InChI is InChI=1S/C39H30ClN.C37H28ClN.C28H20ClN.C27H22ClN/c1-39(2)34-18-8-6-17-33(34)38-35(39)19-11-21-37(38)41(31-15-10-14-30(40)26-31)36-20-9-7-16-32(36)29-24-22-28(23-25-29)27-12-4-3-5-13-27;1-37(2)34-24-29(20-22-32(34)33-21-19-26-13-6-7-17-31(26)36(33)37)39(28-15-10-14-27(38)23-28)35-18-9-8-16-30(35)25-11-4-3-5-12-25;29-24-13-8-14-25(20-24)30(26-18-17-21-9-4-5-12-23(21)19-26)28-16-7-6-15-27(28)22-10-2-1-3-11-22;1-27(2)24-16-7-6-14-22(24)23-15-9-17-25(26(23)27)29(20-11-4-3-5-12-20)21-13-8-10-19(28)18-21/h3-26H,1-2H3;3-24H,1-2H3;1-20H;3-18H,1-2H3. The third-order valence-electron chi connectivity index (χ3n) is 27.6. The number of anilines is 12. The molecule has 0 aliphatic heterocycles. The second kappa shape index (κ2) is 38.6. The Bertz CT molecular complexity index is 8110. The summed E-state index contributed by atoms with van der Waals surface area (Å²) in [5.74, 6) is 0. The van der Waals surface area contributed by atoms with Crippen LogP contribution in [-0.2, 0) is 16.2 Å². The average Bonchev–Trinajstić information content (AvgIpc) is 1.57. The Hall–Kier alpha value is -15.5. The molecule has 0 atom stereocenters. The van der Waals surface area contributed by atoms with Gasteiger partial charge in [0.15, 0.2) is 0 Å². The smallest absolute Gasteiger partial charge is 0.0543 e. The topological polar surface area (TPSA) is 13.0 Å². The summed E-state index contributed by atoms with van der Waals surface area (Å²) in [6.07, 6.45) is 0. The minimum absolute atomic E-state index is 0.0886. The molecule has 0 bridgehead atoms. The van der Waals surface area contributed by atoms with Crippen LogP contribution in [0.1, 0.15) is 74.9 Å². The van der Waals surface area contributed by atoms with Gasteiger partial charge < -0.3 is 19.6 Å². The molecular formula is C131H100Cl4N4. The number of halogens is 4. The van der Waals surface area contributed by atoms with E-state index in [4.69, 9.17) is 46.4 Å². The summed E-state index contributed by atoms with van der Waals surface area (Å²) in [7, 11) is 0. The van der Waals surface area contributed by atoms with Crippen molar-refractivity contribution in [3.05, 3.63) is 551 Å². The van der Waals surface area contributed by atoms with Gasteiger partial charge in [-0.1, -0.05) is 446 Å². The molecule has 21 aromatic rings. The summed E-state index contributed by atoms with van der Waals surface area (Å²) in [6.45, 7) is 14.0. The third kappa shape index (κ3) is 17.5. The van der Waals surface area contributed by atoms with Crippen molar-refractivity contribution >= 4 is 136 Å². The fourth-order valence-electron chi connectivity index (χ4n) is 21.1. The summed E-state index contributed by atoms with van der Waals surface area (Å²) < 4.78 is 0. The summed E-state index contributed by atoms with van der Waals surface area (Å²) >= 11 is 25.9. The summed E-state index contributed by atoms with van der Waals surface area (Å²) in [5.41, 5.74) is 38.3. The molecule has 139 heavy (non-hydrogen) atoms. The molecular weight excluding hydrogens is 1770 g/mol. The van der Waals surface area contributed by atoms with Gasteiger partial charge in [0.05, 0.1) is 28.4 Å². The SMILES string of the molecule is CC1(C)c2cc(N(c3cccc(Cl)c3)c3ccccc3-c3ccccc3)ccc2-c2ccc3ccccc3c21.CC1(C)c2ccccc2-c2c(N(c3cccc(Cl)c3)c3ccccc3-c3ccc(-c4ccccc4)cc3)cccc21.CC1(C)c2ccccc2-c2cccc(N(c3ccccc3)c3cccc(Cl)c3)c21.Clc1cccc(N(c2ccc3ccccc3c2)c2ccccc2-c2ccccc2)c1. The molecule has 0 radical (unpaired) electrons. The first-order valence-electron chi connectivity index (χ1n) is 47.4. The maximum Gasteiger partial charge on any atom is 0.0543 e. The molecule has 24 rings (SSSR count). The molecule has 8 heteroatoms. The number of hydrogen-bond acceptors (Lipinski definition) is 4. The largest absolute Gasteiger partial charge is 0.310 e. The zero-order valence-corrected chi connectivity index (χ0v) is 81.2. The number of rotatable bonds is 16. The van der Waals surface area contributed by atoms with Gasteiger partial charge in [0.2, 0.25) is 0 Å². The van der Waals surface area contributed by atoms with E-state index in [0.717, 1.165) is 83.2 Å².